The number of oxime groups is 1. The van der Waals surface area contributed by atoms with E-state index in [2.05, 4.69) is 5.16 Å². The molecule has 0 aliphatic carbocycles. The van der Waals surface area contributed by atoms with Crippen molar-refractivity contribution >= 4 is 11.7 Å². The van der Waals surface area contributed by atoms with Crippen LogP contribution in [0.2, 0.25) is 0 Å². The lowest BCUT2D eigenvalue weighted by molar-refractivity contribution is -0.132. The minimum absolute atomic E-state index is 0.210. The maximum absolute atomic E-state index is 11.7. The number of nitrogens with zero attached hydrogens (tertiary/aromatic N) is 1. The van der Waals surface area contributed by atoms with Gasteiger partial charge in [0.2, 0.25) is 0 Å². The third kappa shape index (κ3) is 2.99. The number of hydrogen-bond acceptors (Lipinski definition) is 7. The van der Waals surface area contributed by atoms with E-state index in [1.54, 1.807) is 39.5 Å². The Labute approximate surface area is 128 Å². The molecular weight excluding hydrogens is 290 g/mol. The highest BCUT2D eigenvalue weighted by atomic mass is 16.7. The zero-order valence-corrected chi connectivity index (χ0v) is 13.0. The van der Waals surface area contributed by atoms with Crippen LogP contribution in [0.3, 0.4) is 0 Å². The van der Waals surface area contributed by atoms with E-state index >= 15 is 0 Å². The van der Waals surface area contributed by atoms with Crippen molar-refractivity contribution in [3.8, 4) is 11.5 Å². The molecule has 0 radical (unpaired) electrons. The van der Waals surface area contributed by atoms with Gasteiger partial charge in [0.25, 0.3) is 0 Å². The van der Waals surface area contributed by atoms with Crippen LogP contribution in [-0.4, -0.2) is 46.7 Å². The third-order valence-corrected chi connectivity index (χ3v) is 3.46. The van der Waals surface area contributed by atoms with Crippen molar-refractivity contribution in [1.29, 1.82) is 0 Å². The van der Waals surface area contributed by atoms with E-state index in [1.165, 1.54) is 7.11 Å². The van der Waals surface area contributed by atoms with Gasteiger partial charge in [-0.25, -0.2) is 4.79 Å². The predicted octanol–water partition coefficient (Wildman–Crippen LogP) is 1.49. The summed E-state index contributed by atoms with van der Waals surface area (Å²) in [7, 11) is 5.98. The Morgan fingerprint density at radius 3 is 2.32 bits per heavy atom. The Morgan fingerprint density at radius 2 is 1.82 bits per heavy atom. The summed E-state index contributed by atoms with van der Waals surface area (Å²) in [6.07, 6.45) is 0.240. The molecule has 1 unspecified atom stereocenters. The third-order valence-electron chi connectivity index (χ3n) is 3.46. The van der Waals surface area contributed by atoms with E-state index in [4.69, 9.17) is 23.8 Å². The average Bonchev–Trinajstić information content (AvgIpc) is 2.99. The fourth-order valence-electron chi connectivity index (χ4n) is 2.32. The molecule has 0 saturated heterocycles. The standard InChI is InChI=1S/C15H19NO6/c1-18-9-15(8-13(16-22-15)14(17)21-4)10-5-11(19-2)7-12(6-10)20-3/h5-7H,8-9H2,1-4H3. The molecule has 0 bridgehead atoms. The smallest absolute Gasteiger partial charge is 0.356 e. The summed E-state index contributed by atoms with van der Waals surface area (Å²) < 4.78 is 20.5. The quantitative estimate of drug-likeness (QED) is 0.741. The molecule has 0 fully saturated rings. The van der Waals surface area contributed by atoms with Crippen LogP contribution in [0.5, 0.6) is 11.5 Å². The zero-order chi connectivity index (χ0) is 16.2. The number of methoxy groups -OCH3 is 4. The number of carbonyl (C=O) groups excluding carboxylic acids is 1. The molecular formula is C15H19NO6. The first-order valence-corrected chi connectivity index (χ1v) is 6.64. The second kappa shape index (κ2) is 6.65. The Morgan fingerprint density at radius 1 is 1.18 bits per heavy atom. The van der Waals surface area contributed by atoms with Gasteiger partial charge in [-0.3, -0.25) is 0 Å². The Balaban J connectivity index is 2.39. The summed E-state index contributed by atoms with van der Waals surface area (Å²) in [6, 6.07) is 5.36. The highest BCUT2D eigenvalue weighted by Gasteiger charge is 2.44. The van der Waals surface area contributed by atoms with Gasteiger partial charge >= 0.3 is 5.97 Å². The lowest BCUT2D eigenvalue weighted by atomic mass is 9.89. The Hall–Kier alpha value is -2.28. The first kappa shape index (κ1) is 16.1. The van der Waals surface area contributed by atoms with E-state index in [0.29, 0.717) is 11.5 Å². The van der Waals surface area contributed by atoms with Gasteiger partial charge in [-0.1, -0.05) is 5.16 Å². The fourth-order valence-corrected chi connectivity index (χ4v) is 2.32. The number of carbonyl (C=O) groups is 1. The molecule has 1 aromatic rings. The Bertz CT molecular complexity index is 563. The van der Waals surface area contributed by atoms with Gasteiger partial charge in [-0.05, 0) is 12.1 Å². The molecule has 1 heterocycles. The van der Waals surface area contributed by atoms with E-state index in [1.807, 2.05) is 0 Å². The van der Waals surface area contributed by atoms with Crippen molar-refractivity contribution in [1.82, 2.24) is 0 Å². The summed E-state index contributed by atoms with van der Waals surface area (Å²) >= 11 is 0. The summed E-state index contributed by atoms with van der Waals surface area (Å²) in [5, 5.41) is 3.85. The van der Waals surface area contributed by atoms with Crippen molar-refractivity contribution in [3.05, 3.63) is 23.8 Å². The SMILES string of the molecule is COCC1(c2cc(OC)cc(OC)c2)CC(C(=O)OC)=NO1. The molecule has 2 rings (SSSR count). The highest BCUT2D eigenvalue weighted by Crippen LogP contribution is 2.39. The van der Waals surface area contributed by atoms with Crippen LogP contribution in [0.4, 0.5) is 0 Å². The van der Waals surface area contributed by atoms with E-state index in [9.17, 15) is 4.79 Å². The van der Waals surface area contributed by atoms with Crippen LogP contribution >= 0.6 is 0 Å². The summed E-state index contributed by atoms with van der Waals surface area (Å²) in [5.74, 6) is 0.702. The predicted molar refractivity (Wildman–Crippen MR) is 78.3 cm³/mol. The van der Waals surface area contributed by atoms with Gasteiger partial charge < -0.3 is 23.8 Å². The normalized spacial score (nSPS) is 20.1. The highest BCUT2D eigenvalue weighted by molar-refractivity contribution is 6.36. The molecule has 0 N–H and O–H groups in total. The zero-order valence-electron chi connectivity index (χ0n) is 13.0. The number of esters is 1. The van der Waals surface area contributed by atoms with Crippen molar-refractivity contribution in [2.24, 2.45) is 5.16 Å². The number of rotatable bonds is 6. The minimum Gasteiger partial charge on any atom is -0.497 e. The summed E-state index contributed by atoms with van der Waals surface area (Å²) in [5.41, 5.74) is 0.0367. The molecule has 1 atom stereocenters. The van der Waals surface area contributed by atoms with Gasteiger partial charge in [0.05, 0.1) is 27.9 Å². The van der Waals surface area contributed by atoms with Crippen LogP contribution in [0.15, 0.2) is 23.4 Å². The van der Waals surface area contributed by atoms with Gasteiger partial charge in [-0.2, -0.15) is 0 Å². The first-order valence-electron chi connectivity index (χ1n) is 6.64. The fraction of sp³-hybridized carbons (Fsp3) is 0.467. The molecule has 0 amide bonds. The van der Waals surface area contributed by atoms with Crippen LogP contribution in [0.1, 0.15) is 12.0 Å². The summed E-state index contributed by atoms with van der Waals surface area (Å²) in [6.45, 7) is 0.216. The number of hydrogen-bond donors (Lipinski definition) is 0. The maximum atomic E-state index is 11.7. The van der Waals surface area contributed by atoms with Crippen LogP contribution < -0.4 is 9.47 Å². The van der Waals surface area contributed by atoms with E-state index in [-0.39, 0.29) is 18.7 Å². The molecule has 7 heteroatoms. The lowest BCUT2D eigenvalue weighted by Gasteiger charge is -2.26. The van der Waals surface area contributed by atoms with Crippen molar-refractivity contribution < 1.29 is 28.6 Å². The number of benzene rings is 1. The first-order chi connectivity index (χ1) is 10.6. The van der Waals surface area contributed by atoms with Crippen molar-refractivity contribution in [2.45, 2.75) is 12.0 Å². The van der Waals surface area contributed by atoms with E-state index in [0.717, 1.165) is 5.56 Å². The molecule has 1 aliphatic heterocycles. The average molecular weight is 309 g/mol. The van der Waals surface area contributed by atoms with Crippen molar-refractivity contribution in [2.75, 3.05) is 35.0 Å². The summed E-state index contributed by atoms with van der Waals surface area (Å²) in [4.78, 5) is 17.2. The van der Waals surface area contributed by atoms with Gasteiger partial charge in [0.15, 0.2) is 11.3 Å². The largest absolute Gasteiger partial charge is 0.497 e. The van der Waals surface area contributed by atoms with Gasteiger partial charge in [0, 0.05) is 25.2 Å². The van der Waals surface area contributed by atoms with E-state index < -0.39 is 11.6 Å². The molecule has 0 aromatic heterocycles. The second-order valence-electron chi connectivity index (χ2n) is 4.83. The second-order valence-corrected chi connectivity index (χ2v) is 4.83. The molecule has 0 spiro atoms. The number of ether oxygens (including phenoxy) is 4. The van der Waals surface area contributed by atoms with Crippen LogP contribution in [0.25, 0.3) is 0 Å². The van der Waals surface area contributed by atoms with Crippen molar-refractivity contribution in [3.63, 3.8) is 0 Å². The topological polar surface area (TPSA) is 75.6 Å². The van der Waals surface area contributed by atoms with Crippen LogP contribution in [0, 0.1) is 0 Å². The van der Waals surface area contributed by atoms with Crippen LogP contribution in [-0.2, 0) is 24.7 Å². The van der Waals surface area contributed by atoms with Gasteiger partial charge in [0.1, 0.15) is 11.5 Å². The monoisotopic (exact) mass is 309 g/mol. The molecule has 1 aliphatic rings. The molecule has 1 aromatic carbocycles. The lowest BCUT2D eigenvalue weighted by Crippen LogP contribution is -2.33. The maximum Gasteiger partial charge on any atom is 0.356 e. The van der Waals surface area contributed by atoms with Gasteiger partial charge in [-0.15, -0.1) is 0 Å². The molecule has 120 valence electrons. The molecule has 7 nitrogen and oxygen atoms in total. The Kier molecular flexibility index (Phi) is 4.87. The molecule has 0 saturated carbocycles. The molecule has 22 heavy (non-hydrogen) atoms. The minimum atomic E-state index is -0.917.